The minimum Gasteiger partial charge on any atom is -0.352 e. The first-order valence-corrected chi connectivity index (χ1v) is 1.80. The van der Waals surface area contributed by atoms with Gasteiger partial charge in [-0.15, -0.1) is 0 Å². The standard InChI is InChI=1S/C3H8N2O.2H2/c1-2-5-3(4)6;;/h2H2,1H3,(H3,4,5,6);2*1H. The van der Waals surface area contributed by atoms with Crippen molar-refractivity contribution in [2.45, 2.75) is 6.92 Å². The Morgan fingerprint density at radius 1 is 2.17 bits per heavy atom. The first kappa shape index (κ1) is 5.27. The summed E-state index contributed by atoms with van der Waals surface area (Å²) in [6.07, 6.45) is 0. The van der Waals surface area contributed by atoms with Crippen molar-refractivity contribution in [1.29, 1.82) is 0 Å². The van der Waals surface area contributed by atoms with Crippen molar-refractivity contribution >= 4 is 6.03 Å². The summed E-state index contributed by atoms with van der Waals surface area (Å²) >= 11 is 0. The van der Waals surface area contributed by atoms with Crippen molar-refractivity contribution in [2.75, 3.05) is 6.54 Å². The Labute approximate surface area is 39.5 Å². The first-order chi connectivity index (χ1) is 2.77. The van der Waals surface area contributed by atoms with Gasteiger partial charge in [-0.1, -0.05) is 0 Å². The van der Waals surface area contributed by atoms with Gasteiger partial charge in [-0.25, -0.2) is 4.79 Å². The third kappa shape index (κ3) is 3.27. The van der Waals surface area contributed by atoms with E-state index in [1.54, 1.807) is 0 Å². The molecule has 0 saturated heterocycles. The van der Waals surface area contributed by atoms with E-state index in [1.807, 2.05) is 6.92 Å². The molecule has 3 nitrogen and oxygen atoms in total. The molecular formula is C3H12N2O. The van der Waals surface area contributed by atoms with Gasteiger partial charge in [0.05, 0.1) is 0 Å². The van der Waals surface area contributed by atoms with Gasteiger partial charge in [0.2, 0.25) is 0 Å². The van der Waals surface area contributed by atoms with Gasteiger partial charge in [0, 0.05) is 9.40 Å². The third-order valence-corrected chi connectivity index (χ3v) is 0.351. The zero-order chi connectivity index (χ0) is 4.99. The van der Waals surface area contributed by atoms with Gasteiger partial charge in [-0.2, -0.15) is 0 Å². The smallest absolute Gasteiger partial charge is 0.312 e. The molecule has 0 atom stereocenters. The van der Waals surface area contributed by atoms with Gasteiger partial charge in [-0.05, 0) is 6.92 Å². The van der Waals surface area contributed by atoms with Gasteiger partial charge < -0.3 is 11.1 Å². The molecule has 0 aliphatic rings. The zero-order valence-corrected chi connectivity index (χ0v) is 3.69. The molecule has 3 N–H and O–H groups in total. The summed E-state index contributed by atoms with van der Waals surface area (Å²) in [5.41, 5.74) is 4.65. The molecule has 2 amide bonds. The van der Waals surface area contributed by atoms with Crippen LogP contribution in [0.1, 0.15) is 9.78 Å². The molecule has 0 radical (unpaired) electrons. The van der Waals surface area contributed by atoms with Crippen LogP contribution in [0, 0.1) is 0 Å². The summed E-state index contributed by atoms with van der Waals surface area (Å²) in [4.78, 5) is 9.71. The van der Waals surface area contributed by atoms with E-state index in [9.17, 15) is 4.79 Å². The highest BCUT2D eigenvalue weighted by Crippen LogP contribution is 1.49. The van der Waals surface area contributed by atoms with Gasteiger partial charge in [0.15, 0.2) is 0 Å². The second kappa shape index (κ2) is 2.50. The van der Waals surface area contributed by atoms with Crippen molar-refractivity contribution in [3.63, 3.8) is 0 Å². The summed E-state index contributed by atoms with van der Waals surface area (Å²) in [6.45, 7) is 2.42. The lowest BCUT2D eigenvalue weighted by Crippen LogP contribution is -2.28. The SMILES string of the molecule is CCNC(N)=O.[HH].[HH]. The minimum absolute atomic E-state index is 0. The van der Waals surface area contributed by atoms with Gasteiger partial charge in [0.25, 0.3) is 0 Å². The number of rotatable bonds is 1. The third-order valence-electron chi connectivity index (χ3n) is 0.351. The molecule has 0 aliphatic carbocycles. The van der Waals surface area contributed by atoms with Gasteiger partial charge >= 0.3 is 6.03 Å². The lowest BCUT2D eigenvalue weighted by Gasteiger charge is -1.88. The zero-order valence-electron chi connectivity index (χ0n) is 3.69. The van der Waals surface area contributed by atoms with Crippen LogP contribution in [-0.4, -0.2) is 12.6 Å². The molecule has 3 heteroatoms. The number of primary amides is 1. The minimum atomic E-state index is -0.461. The van der Waals surface area contributed by atoms with Crippen LogP contribution in [0.2, 0.25) is 0 Å². The number of hydrogen-bond acceptors (Lipinski definition) is 1. The van der Waals surface area contributed by atoms with E-state index < -0.39 is 6.03 Å². The number of urea groups is 1. The molecule has 0 aliphatic heterocycles. The molecule has 0 aromatic heterocycles. The maximum atomic E-state index is 9.71. The van der Waals surface area contributed by atoms with E-state index in [1.165, 1.54) is 0 Å². The van der Waals surface area contributed by atoms with E-state index >= 15 is 0 Å². The number of carbonyl (C=O) groups is 1. The summed E-state index contributed by atoms with van der Waals surface area (Å²) in [5, 5.41) is 2.35. The van der Waals surface area contributed by atoms with Crippen molar-refractivity contribution in [3.05, 3.63) is 0 Å². The highest BCUT2D eigenvalue weighted by molar-refractivity contribution is 5.71. The van der Waals surface area contributed by atoms with E-state index in [-0.39, 0.29) is 2.85 Å². The van der Waals surface area contributed by atoms with Gasteiger partial charge in [-0.3, -0.25) is 0 Å². The van der Waals surface area contributed by atoms with Crippen molar-refractivity contribution in [1.82, 2.24) is 5.32 Å². The predicted octanol–water partition coefficient (Wildman–Crippen LogP) is 0.167. The van der Waals surface area contributed by atoms with Crippen LogP contribution >= 0.6 is 0 Å². The largest absolute Gasteiger partial charge is 0.352 e. The Kier molecular flexibility index (Phi) is 2.20. The van der Waals surface area contributed by atoms with Crippen LogP contribution in [0.25, 0.3) is 0 Å². The van der Waals surface area contributed by atoms with Crippen LogP contribution in [0.15, 0.2) is 0 Å². The van der Waals surface area contributed by atoms with Crippen LogP contribution < -0.4 is 11.1 Å². The van der Waals surface area contributed by atoms with E-state index in [2.05, 4.69) is 11.1 Å². The molecule has 0 rings (SSSR count). The Morgan fingerprint density at radius 2 is 2.67 bits per heavy atom. The van der Waals surface area contributed by atoms with Crippen molar-refractivity contribution in [2.24, 2.45) is 5.73 Å². The van der Waals surface area contributed by atoms with Crippen LogP contribution in [0.5, 0.6) is 0 Å². The first-order valence-electron chi connectivity index (χ1n) is 1.80. The lowest BCUT2D eigenvalue weighted by atomic mass is 10.7. The predicted molar refractivity (Wildman–Crippen MR) is 27.5 cm³/mol. The molecule has 40 valence electrons. The molecule has 0 bridgehead atoms. The Hall–Kier alpha value is -0.730. The second-order valence-corrected chi connectivity index (χ2v) is 0.895. The molecule has 0 unspecified atom stereocenters. The number of nitrogens with two attached hydrogens (primary N) is 1. The quantitative estimate of drug-likeness (QED) is 0.476. The fourth-order valence-electron chi connectivity index (χ4n) is 0.174. The fourth-order valence-corrected chi connectivity index (χ4v) is 0.174. The summed E-state index contributed by atoms with van der Waals surface area (Å²) in [6, 6.07) is -0.461. The number of nitrogens with one attached hydrogen (secondary N) is 1. The van der Waals surface area contributed by atoms with E-state index in [0.717, 1.165) is 0 Å². The van der Waals surface area contributed by atoms with Crippen LogP contribution in [-0.2, 0) is 0 Å². The molecule has 0 fully saturated rings. The van der Waals surface area contributed by atoms with Crippen molar-refractivity contribution < 1.29 is 7.65 Å². The van der Waals surface area contributed by atoms with Gasteiger partial charge in [0.1, 0.15) is 0 Å². The summed E-state index contributed by atoms with van der Waals surface area (Å²) in [5.74, 6) is 0. The molecule has 0 saturated carbocycles. The summed E-state index contributed by atoms with van der Waals surface area (Å²) in [7, 11) is 0. The monoisotopic (exact) mass is 92.1 g/mol. The van der Waals surface area contributed by atoms with E-state index in [0.29, 0.717) is 6.54 Å². The Balaban J connectivity index is -0.000000125. The maximum Gasteiger partial charge on any atom is 0.312 e. The summed E-state index contributed by atoms with van der Waals surface area (Å²) < 4.78 is 0. The molecule has 0 aromatic carbocycles. The fraction of sp³-hybridized carbons (Fsp3) is 0.667. The molecule has 0 aromatic rings. The molecular weight excluding hydrogens is 80.0 g/mol. The topological polar surface area (TPSA) is 55.1 Å². The normalized spacial score (nSPS) is 7.50. The average molecular weight is 92.1 g/mol. The van der Waals surface area contributed by atoms with Crippen LogP contribution in [0.3, 0.4) is 0 Å². The number of carbonyl (C=O) groups excluding carboxylic acids is 1. The Morgan fingerprint density at radius 3 is 2.67 bits per heavy atom. The molecule has 0 spiro atoms. The molecule has 6 heavy (non-hydrogen) atoms. The van der Waals surface area contributed by atoms with E-state index in [4.69, 9.17) is 0 Å². The Bertz CT molecular complexity index is 59.2. The second-order valence-electron chi connectivity index (χ2n) is 0.895. The maximum absolute atomic E-state index is 9.71. The van der Waals surface area contributed by atoms with Crippen molar-refractivity contribution in [3.8, 4) is 0 Å². The molecule has 0 heterocycles. The van der Waals surface area contributed by atoms with Crippen LogP contribution in [0.4, 0.5) is 4.79 Å². The average Bonchev–Trinajstić information content (AvgIpc) is 1.35. The lowest BCUT2D eigenvalue weighted by molar-refractivity contribution is 0.249. The number of hydrogen-bond donors (Lipinski definition) is 2. The highest BCUT2D eigenvalue weighted by Gasteiger charge is 1.79. The number of amides is 2. The highest BCUT2D eigenvalue weighted by atomic mass is 16.2.